The third kappa shape index (κ3) is 3.89. The number of piperidine rings is 1. The summed E-state index contributed by atoms with van der Waals surface area (Å²) in [5, 5.41) is 0. The molecule has 33 heavy (non-hydrogen) atoms. The fourth-order valence-electron chi connectivity index (χ4n) is 8.91. The molecule has 0 aromatic heterocycles. The van der Waals surface area contributed by atoms with Gasteiger partial charge in [0.25, 0.3) is 0 Å². The van der Waals surface area contributed by atoms with Gasteiger partial charge in [-0.1, -0.05) is 13.8 Å². The summed E-state index contributed by atoms with van der Waals surface area (Å²) in [6, 6.07) is -0.276. The highest BCUT2D eigenvalue weighted by Crippen LogP contribution is 2.66. The van der Waals surface area contributed by atoms with Gasteiger partial charge in [0.2, 0.25) is 5.91 Å². The maximum atomic E-state index is 13.9. The molecule has 3 saturated carbocycles. The van der Waals surface area contributed by atoms with Gasteiger partial charge in [0.05, 0.1) is 6.54 Å². The smallest absolute Gasteiger partial charge is 0.222 e. The van der Waals surface area contributed by atoms with Crippen LogP contribution in [0.25, 0.3) is 0 Å². The summed E-state index contributed by atoms with van der Waals surface area (Å²) in [5.74, 6) is 2.27. The SMILES string of the molecule is CN(C)CC(=O)C(C(=O)C1CCC2C3CCC4N(C)C(=O)CC[C@]4(C)C3CC[C@]12C)N(C)C. The molecule has 6 nitrogen and oxygen atoms in total. The van der Waals surface area contributed by atoms with Crippen molar-refractivity contribution in [2.75, 3.05) is 41.8 Å². The van der Waals surface area contributed by atoms with E-state index in [4.69, 9.17) is 0 Å². The summed E-state index contributed by atoms with van der Waals surface area (Å²) in [6.07, 6.45) is 8.18. The first-order valence-electron chi connectivity index (χ1n) is 13.0. The lowest BCUT2D eigenvalue weighted by Gasteiger charge is -2.61. The van der Waals surface area contributed by atoms with Crippen molar-refractivity contribution in [1.82, 2.24) is 14.7 Å². The molecule has 0 spiro atoms. The molecule has 4 fully saturated rings. The van der Waals surface area contributed by atoms with E-state index in [9.17, 15) is 14.4 Å². The first-order valence-corrected chi connectivity index (χ1v) is 13.0. The monoisotopic (exact) mass is 459 g/mol. The second-order valence-electron chi connectivity index (χ2n) is 12.6. The number of amides is 1. The summed E-state index contributed by atoms with van der Waals surface area (Å²) in [4.78, 5) is 45.0. The van der Waals surface area contributed by atoms with Gasteiger partial charge in [0.15, 0.2) is 11.6 Å². The molecule has 0 bridgehead atoms. The van der Waals surface area contributed by atoms with Crippen LogP contribution in [-0.4, -0.2) is 86.0 Å². The predicted octanol–water partition coefficient (Wildman–Crippen LogP) is 3.10. The normalized spacial score (nSPS) is 41.5. The average Bonchev–Trinajstić information content (AvgIpc) is 3.07. The molecule has 0 aromatic carbocycles. The number of carbonyl (C=O) groups excluding carboxylic acids is 3. The Labute approximate surface area is 200 Å². The van der Waals surface area contributed by atoms with Gasteiger partial charge >= 0.3 is 0 Å². The summed E-state index contributed by atoms with van der Waals surface area (Å²) in [6.45, 7) is 5.11. The van der Waals surface area contributed by atoms with E-state index in [0.29, 0.717) is 42.7 Å². The quantitative estimate of drug-likeness (QED) is 0.571. The van der Waals surface area contributed by atoms with E-state index in [1.807, 2.05) is 49.9 Å². The molecule has 1 heterocycles. The Balaban J connectivity index is 1.56. The number of nitrogens with zero attached hydrogens (tertiary/aromatic N) is 3. The molecule has 0 aromatic rings. The minimum Gasteiger partial charge on any atom is -0.342 e. The zero-order chi connectivity index (χ0) is 24.3. The predicted molar refractivity (Wildman–Crippen MR) is 130 cm³/mol. The molecule has 1 saturated heterocycles. The van der Waals surface area contributed by atoms with Crippen LogP contribution in [0.3, 0.4) is 0 Å². The van der Waals surface area contributed by atoms with Crippen molar-refractivity contribution in [2.45, 2.75) is 77.3 Å². The molecule has 6 heteroatoms. The molecular weight excluding hydrogens is 414 g/mol. The van der Waals surface area contributed by atoms with E-state index in [-0.39, 0.29) is 28.3 Å². The van der Waals surface area contributed by atoms with Gasteiger partial charge in [-0.2, -0.15) is 0 Å². The highest BCUT2D eigenvalue weighted by atomic mass is 16.2. The zero-order valence-corrected chi connectivity index (χ0v) is 21.9. The van der Waals surface area contributed by atoms with Gasteiger partial charge in [-0.05, 0) is 102 Å². The van der Waals surface area contributed by atoms with Crippen molar-refractivity contribution in [3.05, 3.63) is 0 Å². The van der Waals surface area contributed by atoms with Crippen molar-refractivity contribution in [3.8, 4) is 0 Å². The molecule has 8 atom stereocenters. The number of hydrogen-bond donors (Lipinski definition) is 0. The molecule has 3 aliphatic carbocycles. The van der Waals surface area contributed by atoms with Crippen molar-refractivity contribution < 1.29 is 14.4 Å². The number of fused-ring (bicyclic) bond motifs is 5. The standard InChI is InChI=1S/C27H45N3O3/c1-26-14-12-19-17(8-11-22-27(19,2)15-13-23(32)30(22)7)18(26)9-10-20(26)25(33)24(29(5)6)21(31)16-28(3)4/h17-20,22,24H,8-16H2,1-7H3/t17?,18?,19?,20?,22?,24?,26-,27+/m0/s1. The summed E-state index contributed by atoms with van der Waals surface area (Å²) < 4.78 is 0. The second-order valence-corrected chi connectivity index (χ2v) is 12.6. The Hall–Kier alpha value is -1.27. The van der Waals surface area contributed by atoms with Crippen LogP contribution >= 0.6 is 0 Å². The van der Waals surface area contributed by atoms with Crippen molar-refractivity contribution in [1.29, 1.82) is 0 Å². The van der Waals surface area contributed by atoms with Crippen molar-refractivity contribution in [3.63, 3.8) is 0 Å². The molecule has 1 aliphatic heterocycles. The molecule has 1 amide bonds. The van der Waals surface area contributed by atoms with Crippen LogP contribution in [0.2, 0.25) is 0 Å². The molecular formula is C27H45N3O3. The van der Waals surface area contributed by atoms with Gasteiger partial charge in [0, 0.05) is 25.4 Å². The number of rotatable bonds is 6. The minimum atomic E-state index is -0.642. The minimum absolute atomic E-state index is 0.00943. The van der Waals surface area contributed by atoms with Gasteiger partial charge in [-0.25, -0.2) is 0 Å². The largest absolute Gasteiger partial charge is 0.342 e. The Bertz CT molecular complexity index is 810. The lowest BCUT2D eigenvalue weighted by atomic mass is 9.46. The summed E-state index contributed by atoms with van der Waals surface area (Å²) >= 11 is 0. The molecule has 6 unspecified atom stereocenters. The molecule has 0 N–H and O–H groups in total. The third-order valence-electron chi connectivity index (χ3n) is 10.5. The van der Waals surface area contributed by atoms with Crippen LogP contribution in [0.4, 0.5) is 0 Å². The Kier molecular flexibility index (Phi) is 6.58. The van der Waals surface area contributed by atoms with E-state index in [2.05, 4.69) is 13.8 Å². The van der Waals surface area contributed by atoms with Crippen LogP contribution in [0.1, 0.15) is 65.2 Å². The van der Waals surface area contributed by atoms with Crippen LogP contribution in [0.5, 0.6) is 0 Å². The van der Waals surface area contributed by atoms with Crippen LogP contribution < -0.4 is 0 Å². The number of Topliss-reactive ketones (excluding diaryl/α,β-unsaturated/α-hetero) is 2. The van der Waals surface area contributed by atoms with Crippen LogP contribution in [0, 0.1) is 34.5 Å². The second kappa shape index (κ2) is 8.75. The number of likely N-dealkylation sites (tertiary alicyclic amines) is 1. The van der Waals surface area contributed by atoms with Crippen molar-refractivity contribution >= 4 is 17.5 Å². The van der Waals surface area contributed by atoms with E-state index >= 15 is 0 Å². The number of hydrogen-bond acceptors (Lipinski definition) is 5. The van der Waals surface area contributed by atoms with Crippen LogP contribution in [0.15, 0.2) is 0 Å². The Morgan fingerprint density at radius 3 is 2.27 bits per heavy atom. The van der Waals surface area contributed by atoms with E-state index in [1.54, 1.807) is 0 Å². The van der Waals surface area contributed by atoms with Crippen LogP contribution in [-0.2, 0) is 14.4 Å². The van der Waals surface area contributed by atoms with E-state index in [1.165, 1.54) is 6.42 Å². The number of likely N-dealkylation sites (N-methyl/N-ethyl adjacent to an activating group) is 2. The summed E-state index contributed by atoms with van der Waals surface area (Å²) in [5.41, 5.74) is 0.188. The number of carbonyl (C=O) groups is 3. The summed E-state index contributed by atoms with van der Waals surface area (Å²) in [7, 11) is 9.51. The maximum absolute atomic E-state index is 13.9. The van der Waals surface area contributed by atoms with Crippen molar-refractivity contribution in [2.24, 2.45) is 34.5 Å². The maximum Gasteiger partial charge on any atom is 0.222 e. The van der Waals surface area contributed by atoms with E-state index < -0.39 is 6.04 Å². The lowest BCUT2D eigenvalue weighted by Crippen LogP contribution is -2.61. The third-order valence-corrected chi connectivity index (χ3v) is 10.5. The Morgan fingerprint density at radius 1 is 0.970 bits per heavy atom. The van der Waals surface area contributed by atoms with Gasteiger partial charge in [0.1, 0.15) is 6.04 Å². The lowest BCUT2D eigenvalue weighted by molar-refractivity contribution is -0.160. The highest BCUT2D eigenvalue weighted by Gasteiger charge is 2.62. The number of ketones is 2. The fourth-order valence-corrected chi connectivity index (χ4v) is 8.91. The fraction of sp³-hybridized carbons (Fsp3) is 0.889. The molecule has 0 radical (unpaired) electrons. The first-order chi connectivity index (χ1) is 15.4. The molecule has 4 aliphatic rings. The first kappa shape index (κ1) is 24.8. The van der Waals surface area contributed by atoms with Gasteiger partial charge < -0.3 is 9.80 Å². The van der Waals surface area contributed by atoms with E-state index in [0.717, 1.165) is 38.5 Å². The van der Waals surface area contributed by atoms with Gasteiger partial charge in [-0.3, -0.25) is 19.3 Å². The topological polar surface area (TPSA) is 60.9 Å². The molecule has 4 rings (SSSR count). The highest BCUT2D eigenvalue weighted by molar-refractivity contribution is 6.08. The average molecular weight is 460 g/mol. The van der Waals surface area contributed by atoms with Gasteiger partial charge in [-0.15, -0.1) is 0 Å². The zero-order valence-electron chi connectivity index (χ0n) is 21.9. The Morgan fingerprint density at radius 2 is 1.64 bits per heavy atom. The molecule has 186 valence electrons.